The average molecular weight is 599 g/mol. The summed E-state index contributed by atoms with van der Waals surface area (Å²) in [5.41, 5.74) is 9.50. The topological polar surface area (TPSA) is 152 Å². The van der Waals surface area contributed by atoms with Crippen molar-refractivity contribution in [2.75, 3.05) is 19.3 Å². The van der Waals surface area contributed by atoms with E-state index in [1.807, 2.05) is 31.2 Å². The number of anilines is 1. The first-order chi connectivity index (χ1) is 20.8. The molecule has 1 aromatic carbocycles. The molecule has 2 aromatic heterocycles. The van der Waals surface area contributed by atoms with Crippen LogP contribution < -0.4 is 10.5 Å². The number of likely N-dealkylation sites (tertiary alicyclic amines) is 1. The number of nitrogens with zero attached hydrogens (tertiary/aromatic N) is 4. The first-order valence-corrected chi connectivity index (χ1v) is 15.9. The predicted molar refractivity (Wildman–Crippen MR) is 168 cm³/mol. The number of nitrogens with two attached hydrogens (primary N) is 1. The molecule has 5 N–H and O–H groups in total. The Bertz CT molecular complexity index is 1640. The second kappa shape index (κ2) is 11.7. The number of thiophene rings is 1. The van der Waals surface area contributed by atoms with Gasteiger partial charge in [0.05, 0.1) is 23.3 Å². The van der Waals surface area contributed by atoms with E-state index in [1.54, 1.807) is 6.07 Å². The van der Waals surface area contributed by atoms with Gasteiger partial charge in [-0.3, -0.25) is 10.3 Å². The summed E-state index contributed by atoms with van der Waals surface area (Å²) >= 11 is 1.44. The fraction of sp³-hybridized carbons (Fsp3) is 0.455. The quantitative estimate of drug-likeness (QED) is 0.255. The molecule has 224 valence electrons. The molecule has 1 fully saturated rings. The second-order valence-electron chi connectivity index (χ2n) is 12.0. The number of aliphatic hydroxyl groups excluding tert-OH is 2. The standard InChI is InChI=1S/C33H38N6O3S/c1-19(25-10-6-14-39(25)2)42-27-16-24(21-8-3-7-20(15-21)18-40)37-32(38-27)29(35)22-9-4-12-33(30(22)41)13-5-11-26-28(33)23(17-34)31(36)43-26/h3,7-8,15-16,19,25,35,40-41H,4-6,9-14,18,36H2,1-2H3/t19-,25-,33-/m0/s1. The van der Waals surface area contributed by atoms with Gasteiger partial charge in [0, 0.05) is 28.1 Å². The number of likely N-dealkylation sites (N-methyl/N-ethyl adjacent to an activating group) is 1. The lowest BCUT2D eigenvalue weighted by Gasteiger charge is -2.41. The minimum absolute atomic E-state index is 0.0565. The number of nitrogen functional groups attached to an aromatic ring is 1. The van der Waals surface area contributed by atoms with Crippen molar-refractivity contribution < 1.29 is 14.9 Å². The van der Waals surface area contributed by atoms with Gasteiger partial charge in [-0.1, -0.05) is 18.2 Å². The van der Waals surface area contributed by atoms with Crippen LogP contribution in [0.5, 0.6) is 5.88 Å². The summed E-state index contributed by atoms with van der Waals surface area (Å²) in [6.07, 6.45) is 6.41. The van der Waals surface area contributed by atoms with Crippen LogP contribution in [-0.4, -0.2) is 56.5 Å². The van der Waals surface area contributed by atoms with E-state index in [2.05, 4.69) is 18.0 Å². The maximum Gasteiger partial charge on any atom is 0.217 e. The van der Waals surface area contributed by atoms with Gasteiger partial charge in [0.1, 0.15) is 28.6 Å². The number of hydrogen-bond acceptors (Lipinski definition) is 10. The lowest BCUT2D eigenvalue weighted by molar-refractivity contribution is 0.117. The van der Waals surface area contributed by atoms with E-state index < -0.39 is 5.41 Å². The summed E-state index contributed by atoms with van der Waals surface area (Å²) in [6.45, 7) is 2.97. The molecule has 3 atom stereocenters. The molecule has 3 aromatic rings. The number of ether oxygens (including phenoxy) is 1. The molecule has 2 aliphatic carbocycles. The second-order valence-corrected chi connectivity index (χ2v) is 13.2. The van der Waals surface area contributed by atoms with Crippen molar-refractivity contribution in [1.82, 2.24) is 14.9 Å². The Hall–Kier alpha value is -3.78. The van der Waals surface area contributed by atoms with Crippen molar-refractivity contribution in [3.05, 3.63) is 69.1 Å². The van der Waals surface area contributed by atoms with Gasteiger partial charge in [0.2, 0.25) is 5.88 Å². The third kappa shape index (κ3) is 5.20. The number of benzene rings is 1. The fourth-order valence-electron chi connectivity index (χ4n) is 7.30. The van der Waals surface area contributed by atoms with Crippen LogP contribution in [0.1, 0.15) is 79.3 Å². The summed E-state index contributed by atoms with van der Waals surface area (Å²) in [4.78, 5) is 12.9. The number of nitrogens with one attached hydrogen (secondary N) is 1. The van der Waals surface area contributed by atoms with Crippen LogP contribution in [0.15, 0.2) is 41.7 Å². The Labute approximate surface area is 256 Å². The number of fused-ring (bicyclic) bond motifs is 2. The molecule has 3 aliphatic rings. The van der Waals surface area contributed by atoms with Crippen LogP contribution in [0.2, 0.25) is 0 Å². The molecular weight excluding hydrogens is 560 g/mol. The van der Waals surface area contributed by atoms with E-state index in [1.165, 1.54) is 11.3 Å². The zero-order valence-electron chi connectivity index (χ0n) is 24.7. The Kier molecular flexibility index (Phi) is 7.98. The zero-order chi connectivity index (χ0) is 30.3. The van der Waals surface area contributed by atoms with Gasteiger partial charge in [0.15, 0.2) is 5.82 Å². The normalized spacial score (nSPS) is 22.8. The number of allylic oxidation sites excluding steroid dienone is 2. The van der Waals surface area contributed by atoms with Crippen molar-refractivity contribution >= 4 is 22.0 Å². The van der Waals surface area contributed by atoms with Crippen molar-refractivity contribution in [3.8, 4) is 23.2 Å². The maximum absolute atomic E-state index is 12.0. The summed E-state index contributed by atoms with van der Waals surface area (Å²) in [5.74, 6) is 0.683. The predicted octanol–water partition coefficient (Wildman–Crippen LogP) is 5.65. The van der Waals surface area contributed by atoms with Crippen molar-refractivity contribution in [1.29, 1.82) is 10.7 Å². The van der Waals surface area contributed by atoms with Gasteiger partial charge >= 0.3 is 0 Å². The Morgan fingerprint density at radius 1 is 1.26 bits per heavy atom. The number of aliphatic hydroxyl groups is 2. The molecule has 3 heterocycles. The van der Waals surface area contributed by atoms with Gasteiger partial charge in [0.25, 0.3) is 0 Å². The van der Waals surface area contributed by atoms with Gasteiger partial charge in [-0.05, 0) is 89.1 Å². The summed E-state index contributed by atoms with van der Waals surface area (Å²) < 4.78 is 6.42. The molecule has 0 amide bonds. The summed E-state index contributed by atoms with van der Waals surface area (Å²) in [6, 6.07) is 11.8. The Balaban J connectivity index is 1.43. The van der Waals surface area contributed by atoms with Crippen LogP contribution in [-0.2, 0) is 18.4 Å². The smallest absolute Gasteiger partial charge is 0.217 e. The minimum Gasteiger partial charge on any atom is -0.511 e. The molecule has 1 saturated heterocycles. The molecule has 0 radical (unpaired) electrons. The van der Waals surface area contributed by atoms with Crippen LogP contribution >= 0.6 is 11.3 Å². The van der Waals surface area contributed by atoms with Gasteiger partial charge in [-0.2, -0.15) is 10.2 Å². The number of nitriles is 1. The van der Waals surface area contributed by atoms with Gasteiger partial charge in [-0.25, -0.2) is 4.98 Å². The average Bonchev–Trinajstić information content (AvgIpc) is 3.60. The first-order valence-electron chi connectivity index (χ1n) is 15.1. The molecule has 9 nitrogen and oxygen atoms in total. The largest absolute Gasteiger partial charge is 0.511 e. The molecule has 6 rings (SSSR count). The third-order valence-corrected chi connectivity index (χ3v) is 10.5. The van der Waals surface area contributed by atoms with Gasteiger partial charge < -0.3 is 20.7 Å². The number of rotatable bonds is 7. The van der Waals surface area contributed by atoms with Crippen molar-refractivity contribution in [2.24, 2.45) is 0 Å². The molecule has 0 saturated carbocycles. The molecule has 0 unspecified atom stereocenters. The third-order valence-electron chi connectivity index (χ3n) is 9.43. The van der Waals surface area contributed by atoms with Crippen LogP contribution in [0, 0.1) is 16.7 Å². The highest BCUT2D eigenvalue weighted by Crippen LogP contribution is 2.54. The molecule has 10 heteroatoms. The zero-order valence-corrected chi connectivity index (χ0v) is 25.5. The highest BCUT2D eigenvalue weighted by atomic mass is 32.1. The molecule has 1 aliphatic heterocycles. The molecule has 1 spiro atoms. The maximum atomic E-state index is 12.0. The van der Waals surface area contributed by atoms with Crippen LogP contribution in [0.3, 0.4) is 0 Å². The van der Waals surface area contributed by atoms with E-state index in [0.717, 1.165) is 60.2 Å². The lowest BCUT2D eigenvalue weighted by atomic mass is 9.63. The van der Waals surface area contributed by atoms with Gasteiger partial charge in [-0.15, -0.1) is 11.3 Å². The molecule has 43 heavy (non-hydrogen) atoms. The van der Waals surface area contributed by atoms with E-state index in [-0.39, 0.29) is 36.0 Å². The minimum atomic E-state index is -0.735. The van der Waals surface area contributed by atoms with Crippen LogP contribution in [0.4, 0.5) is 5.00 Å². The van der Waals surface area contributed by atoms with Crippen molar-refractivity contribution in [2.45, 2.75) is 82.5 Å². The summed E-state index contributed by atoms with van der Waals surface area (Å²) in [7, 11) is 2.11. The molecular formula is C33H38N6O3S. The Morgan fingerprint density at radius 3 is 2.77 bits per heavy atom. The van der Waals surface area contributed by atoms with E-state index >= 15 is 0 Å². The van der Waals surface area contributed by atoms with Crippen molar-refractivity contribution in [3.63, 3.8) is 0 Å². The van der Waals surface area contributed by atoms with E-state index in [0.29, 0.717) is 47.0 Å². The lowest BCUT2D eigenvalue weighted by Crippen LogP contribution is -2.38. The number of aryl methyl sites for hydroxylation is 1. The van der Waals surface area contributed by atoms with E-state index in [9.17, 15) is 20.9 Å². The van der Waals surface area contributed by atoms with E-state index in [4.69, 9.17) is 20.4 Å². The highest BCUT2D eigenvalue weighted by molar-refractivity contribution is 7.16. The summed E-state index contributed by atoms with van der Waals surface area (Å²) in [5, 5.41) is 41.5. The highest BCUT2D eigenvalue weighted by Gasteiger charge is 2.47. The first kappa shape index (κ1) is 29.3. The number of aromatic nitrogens is 2. The SMILES string of the molecule is C[C@H](Oc1cc(-c2cccc(CO)c2)nc(C(=N)C2=C(O)[C@@]3(CCC2)CCCc2sc(N)c(C#N)c23)n1)[C@@H]1CCCN1C. The number of hydrogen-bond donors (Lipinski definition) is 4. The monoisotopic (exact) mass is 598 g/mol. The Morgan fingerprint density at radius 2 is 2.05 bits per heavy atom. The molecule has 0 bridgehead atoms. The fourth-order valence-corrected chi connectivity index (χ4v) is 8.46. The van der Waals surface area contributed by atoms with Crippen LogP contribution in [0.25, 0.3) is 11.3 Å².